The van der Waals surface area contributed by atoms with Gasteiger partial charge in [-0.05, 0) is 51.8 Å². The van der Waals surface area contributed by atoms with Gasteiger partial charge in [0.05, 0.1) is 22.2 Å². The quantitative estimate of drug-likeness (QED) is 0.393. The number of hydrogen-bond acceptors (Lipinski definition) is 6. The predicted octanol–water partition coefficient (Wildman–Crippen LogP) is 4.38. The first-order valence-electron chi connectivity index (χ1n) is 7.72. The normalized spacial score (nSPS) is 14.7. The van der Waals surface area contributed by atoms with Crippen molar-refractivity contribution in [1.82, 2.24) is 0 Å². The SMILES string of the molecule is COc1cc(/C=C2/N=C(c3ccccc3Cl)OC2=O)cc(Br)c1OC(C)=O. The van der Waals surface area contributed by atoms with Gasteiger partial charge in [0.1, 0.15) is 0 Å². The molecule has 1 aliphatic heterocycles. The molecule has 0 saturated carbocycles. The fourth-order valence-corrected chi connectivity index (χ4v) is 3.14. The Balaban J connectivity index is 1.99. The number of benzene rings is 2. The number of esters is 2. The number of ether oxygens (including phenoxy) is 3. The molecule has 1 aliphatic rings. The first-order valence-corrected chi connectivity index (χ1v) is 8.89. The van der Waals surface area contributed by atoms with E-state index < -0.39 is 11.9 Å². The van der Waals surface area contributed by atoms with E-state index >= 15 is 0 Å². The predicted molar refractivity (Wildman–Crippen MR) is 104 cm³/mol. The summed E-state index contributed by atoms with van der Waals surface area (Å²) in [6, 6.07) is 10.2. The molecule has 27 heavy (non-hydrogen) atoms. The Kier molecular flexibility index (Phi) is 5.62. The Morgan fingerprint density at radius 3 is 2.70 bits per heavy atom. The maximum atomic E-state index is 12.2. The van der Waals surface area contributed by atoms with Crippen LogP contribution in [-0.2, 0) is 14.3 Å². The van der Waals surface area contributed by atoms with E-state index in [9.17, 15) is 9.59 Å². The molecule has 0 fully saturated rings. The average molecular weight is 451 g/mol. The van der Waals surface area contributed by atoms with Crippen LogP contribution in [0.3, 0.4) is 0 Å². The number of cyclic esters (lactones) is 1. The van der Waals surface area contributed by atoms with Crippen LogP contribution in [0.1, 0.15) is 18.1 Å². The van der Waals surface area contributed by atoms with Crippen LogP contribution in [0.5, 0.6) is 11.5 Å². The Morgan fingerprint density at radius 2 is 2.04 bits per heavy atom. The molecule has 0 amide bonds. The molecule has 0 aliphatic carbocycles. The van der Waals surface area contributed by atoms with Gasteiger partial charge in [0, 0.05) is 6.92 Å². The van der Waals surface area contributed by atoms with Gasteiger partial charge in [-0.2, -0.15) is 0 Å². The van der Waals surface area contributed by atoms with Crippen LogP contribution >= 0.6 is 27.5 Å². The summed E-state index contributed by atoms with van der Waals surface area (Å²) < 4.78 is 16.1. The van der Waals surface area contributed by atoms with Gasteiger partial charge in [-0.3, -0.25) is 4.79 Å². The van der Waals surface area contributed by atoms with Crippen LogP contribution in [-0.4, -0.2) is 24.9 Å². The van der Waals surface area contributed by atoms with Crippen molar-refractivity contribution in [3.8, 4) is 11.5 Å². The summed E-state index contributed by atoms with van der Waals surface area (Å²) >= 11 is 9.46. The Bertz CT molecular complexity index is 1000. The van der Waals surface area contributed by atoms with E-state index in [2.05, 4.69) is 20.9 Å². The standard InChI is InChI=1S/C19H13BrClNO5/c1-10(23)26-17-13(20)7-11(9-16(17)25-2)8-15-19(24)27-18(22-15)12-5-3-4-6-14(12)21/h3-9H,1-2H3/b15-8+. The zero-order chi connectivity index (χ0) is 19.6. The van der Waals surface area contributed by atoms with Crippen LogP contribution in [0.2, 0.25) is 5.02 Å². The number of rotatable bonds is 4. The second-order valence-corrected chi connectivity index (χ2v) is 6.71. The van der Waals surface area contributed by atoms with Crippen molar-refractivity contribution >= 4 is 51.4 Å². The van der Waals surface area contributed by atoms with E-state index in [0.29, 0.717) is 26.4 Å². The molecular formula is C19H13BrClNO5. The summed E-state index contributed by atoms with van der Waals surface area (Å²) in [5, 5.41) is 0.431. The van der Waals surface area contributed by atoms with E-state index in [-0.39, 0.29) is 17.3 Å². The molecule has 8 heteroatoms. The Morgan fingerprint density at radius 1 is 1.30 bits per heavy atom. The number of nitrogens with zero attached hydrogens (tertiary/aromatic N) is 1. The van der Waals surface area contributed by atoms with Gasteiger partial charge < -0.3 is 14.2 Å². The van der Waals surface area contributed by atoms with Gasteiger partial charge in [0.2, 0.25) is 5.90 Å². The minimum atomic E-state index is -0.593. The van der Waals surface area contributed by atoms with Gasteiger partial charge in [0.25, 0.3) is 0 Å². The molecule has 3 rings (SSSR count). The van der Waals surface area contributed by atoms with Crippen molar-refractivity contribution < 1.29 is 23.8 Å². The van der Waals surface area contributed by atoms with Crippen molar-refractivity contribution in [2.45, 2.75) is 6.92 Å². The molecule has 0 N–H and O–H groups in total. The van der Waals surface area contributed by atoms with Crippen molar-refractivity contribution in [2.75, 3.05) is 7.11 Å². The second kappa shape index (κ2) is 7.94. The number of carbonyl (C=O) groups is 2. The lowest BCUT2D eigenvalue weighted by Gasteiger charge is -2.11. The molecule has 2 aromatic rings. The van der Waals surface area contributed by atoms with Crippen LogP contribution < -0.4 is 9.47 Å². The van der Waals surface area contributed by atoms with Crippen molar-refractivity contribution in [1.29, 1.82) is 0 Å². The maximum Gasteiger partial charge on any atom is 0.363 e. The van der Waals surface area contributed by atoms with E-state index in [4.69, 9.17) is 25.8 Å². The molecule has 0 spiro atoms. The topological polar surface area (TPSA) is 74.2 Å². The van der Waals surface area contributed by atoms with E-state index in [1.54, 1.807) is 36.4 Å². The molecule has 0 aromatic heterocycles. The lowest BCUT2D eigenvalue weighted by atomic mass is 10.1. The highest BCUT2D eigenvalue weighted by atomic mass is 79.9. The van der Waals surface area contributed by atoms with Crippen LogP contribution in [0.15, 0.2) is 51.6 Å². The summed E-state index contributed by atoms with van der Waals surface area (Å²) in [6.07, 6.45) is 1.54. The van der Waals surface area contributed by atoms with Gasteiger partial charge in [-0.1, -0.05) is 23.7 Å². The van der Waals surface area contributed by atoms with Gasteiger partial charge in [-0.25, -0.2) is 9.79 Å². The summed E-state index contributed by atoms with van der Waals surface area (Å²) in [5.41, 5.74) is 1.24. The number of aliphatic imine (C=N–C) groups is 1. The van der Waals surface area contributed by atoms with Crippen molar-refractivity contribution in [3.63, 3.8) is 0 Å². The third kappa shape index (κ3) is 4.20. The third-order valence-corrected chi connectivity index (χ3v) is 4.44. The van der Waals surface area contributed by atoms with Crippen molar-refractivity contribution in [2.24, 2.45) is 4.99 Å². The minimum absolute atomic E-state index is 0.110. The molecule has 2 aromatic carbocycles. The fourth-order valence-electron chi connectivity index (χ4n) is 2.38. The smallest absolute Gasteiger partial charge is 0.363 e. The summed E-state index contributed by atoms with van der Waals surface area (Å²) in [5.74, 6) is -0.355. The molecule has 0 atom stereocenters. The largest absolute Gasteiger partial charge is 0.493 e. The van der Waals surface area contributed by atoms with Gasteiger partial charge in [0.15, 0.2) is 17.2 Å². The number of halogens is 2. The molecule has 138 valence electrons. The van der Waals surface area contributed by atoms with Crippen LogP contribution in [0, 0.1) is 0 Å². The molecule has 0 unspecified atom stereocenters. The first kappa shape index (κ1) is 19.1. The fraction of sp³-hybridized carbons (Fsp3) is 0.105. The Labute approximate surface area is 168 Å². The summed E-state index contributed by atoms with van der Waals surface area (Å²) in [7, 11) is 1.45. The van der Waals surface area contributed by atoms with Gasteiger partial charge in [-0.15, -0.1) is 0 Å². The highest BCUT2D eigenvalue weighted by molar-refractivity contribution is 9.10. The molecule has 0 radical (unpaired) electrons. The van der Waals surface area contributed by atoms with Gasteiger partial charge >= 0.3 is 11.9 Å². The summed E-state index contributed by atoms with van der Waals surface area (Å²) in [4.78, 5) is 27.6. The summed E-state index contributed by atoms with van der Waals surface area (Å²) in [6.45, 7) is 1.29. The molecular weight excluding hydrogens is 438 g/mol. The lowest BCUT2D eigenvalue weighted by Crippen LogP contribution is -2.06. The second-order valence-electron chi connectivity index (χ2n) is 5.44. The minimum Gasteiger partial charge on any atom is -0.493 e. The van der Waals surface area contributed by atoms with Crippen LogP contribution in [0.25, 0.3) is 6.08 Å². The highest BCUT2D eigenvalue weighted by Gasteiger charge is 2.25. The van der Waals surface area contributed by atoms with E-state index in [1.165, 1.54) is 20.1 Å². The van der Waals surface area contributed by atoms with Crippen molar-refractivity contribution in [3.05, 3.63) is 62.7 Å². The number of carbonyl (C=O) groups excluding carboxylic acids is 2. The highest BCUT2D eigenvalue weighted by Crippen LogP contribution is 2.37. The zero-order valence-corrected chi connectivity index (χ0v) is 16.6. The van der Waals surface area contributed by atoms with E-state index in [1.807, 2.05) is 0 Å². The monoisotopic (exact) mass is 449 g/mol. The van der Waals surface area contributed by atoms with Crippen LogP contribution in [0.4, 0.5) is 0 Å². The van der Waals surface area contributed by atoms with E-state index in [0.717, 1.165) is 0 Å². The molecule has 0 saturated heterocycles. The zero-order valence-electron chi connectivity index (χ0n) is 14.3. The number of hydrogen-bond donors (Lipinski definition) is 0. The Hall–Kier alpha value is -2.64. The first-order chi connectivity index (χ1) is 12.9. The third-order valence-electron chi connectivity index (χ3n) is 3.53. The molecule has 1 heterocycles. The average Bonchev–Trinajstić information content (AvgIpc) is 2.97. The lowest BCUT2D eigenvalue weighted by molar-refractivity contribution is -0.132. The number of methoxy groups -OCH3 is 1. The molecule has 6 nitrogen and oxygen atoms in total. The maximum absolute atomic E-state index is 12.2. The molecule has 0 bridgehead atoms.